The summed E-state index contributed by atoms with van der Waals surface area (Å²) in [5.74, 6) is 1.85. The Hall–Kier alpha value is -3.82. The number of carbonyl (C=O) groups excluding carboxylic acids is 1. The molecule has 0 radical (unpaired) electrons. The molecule has 0 atom stereocenters. The number of aryl methyl sites for hydroxylation is 1. The van der Waals surface area contributed by atoms with Gasteiger partial charge < -0.3 is 9.80 Å². The van der Waals surface area contributed by atoms with E-state index in [2.05, 4.69) is 30.3 Å². The molecule has 0 unspecified atom stereocenters. The van der Waals surface area contributed by atoms with Crippen molar-refractivity contribution in [3.8, 4) is 5.82 Å². The maximum atomic E-state index is 12.9. The highest BCUT2D eigenvalue weighted by Gasteiger charge is 2.23. The second kappa shape index (κ2) is 8.37. The average Bonchev–Trinajstić information content (AvgIpc) is 3.41. The van der Waals surface area contributed by atoms with Crippen LogP contribution in [0.25, 0.3) is 11.5 Å². The van der Waals surface area contributed by atoms with Gasteiger partial charge in [-0.3, -0.25) is 4.79 Å². The Bertz CT molecular complexity index is 1240. The predicted molar refractivity (Wildman–Crippen MR) is 119 cm³/mol. The first-order valence-electron chi connectivity index (χ1n) is 10.8. The SMILES string of the molecule is Cc1nn(-c2ccc3nncn3n2)c(C)c1CCC(=O)N1CCN(c2ccccn2)CC1. The normalized spacial score (nSPS) is 14.3. The van der Waals surface area contributed by atoms with Gasteiger partial charge in [0.15, 0.2) is 11.5 Å². The molecule has 10 nitrogen and oxygen atoms in total. The molecule has 32 heavy (non-hydrogen) atoms. The molecule has 0 spiro atoms. The summed E-state index contributed by atoms with van der Waals surface area (Å²) in [6.45, 7) is 7.03. The molecule has 10 heteroatoms. The summed E-state index contributed by atoms with van der Waals surface area (Å²) in [6, 6.07) is 9.65. The Kier molecular flexibility index (Phi) is 5.26. The molecule has 1 saturated heterocycles. The highest BCUT2D eigenvalue weighted by atomic mass is 16.2. The zero-order chi connectivity index (χ0) is 22.1. The van der Waals surface area contributed by atoms with Crippen molar-refractivity contribution in [3.05, 3.63) is 59.8 Å². The quantitative estimate of drug-likeness (QED) is 0.473. The standard InChI is InChI=1S/C22H25N9O/c1-16-18(17(2)31(26-16)21-8-7-20-25-24-15-30(20)27-21)6-9-22(32)29-13-11-28(12-14-29)19-5-3-4-10-23-19/h3-5,7-8,10,15H,6,9,11-14H2,1-2H3. The Morgan fingerprint density at radius 1 is 1.00 bits per heavy atom. The number of nitrogens with zero attached hydrogens (tertiary/aromatic N) is 9. The van der Waals surface area contributed by atoms with Gasteiger partial charge in [0.25, 0.3) is 0 Å². The number of aromatic nitrogens is 7. The molecule has 5 heterocycles. The van der Waals surface area contributed by atoms with Crippen molar-refractivity contribution in [2.75, 3.05) is 31.1 Å². The van der Waals surface area contributed by atoms with Gasteiger partial charge in [-0.1, -0.05) is 6.07 Å². The van der Waals surface area contributed by atoms with Crippen molar-refractivity contribution >= 4 is 17.4 Å². The molecule has 5 rings (SSSR count). The minimum Gasteiger partial charge on any atom is -0.353 e. The van der Waals surface area contributed by atoms with Gasteiger partial charge in [-0.25, -0.2) is 9.67 Å². The number of hydrogen-bond acceptors (Lipinski definition) is 7. The van der Waals surface area contributed by atoms with E-state index in [0.717, 1.165) is 48.9 Å². The fourth-order valence-electron chi connectivity index (χ4n) is 4.21. The first kappa shape index (κ1) is 20.1. The number of piperazine rings is 1. The molecular weight excluding hydrogens is 406 g/mol. The largest absolute Gasteiger partial charge is 0.353 e. The molecule has 0 N–H and O–H groups in total. The maximum absolute atomic E-state index is 12.9. The number of carbonyl (C=O) groups is 1. The molecule has 4 aromatic rings. The van der Waals surface area contributed by atoms with Gasteiger partial charge in [0.1, 0.15) is 12.1 Å². The number of rotatable bonds is 5. The van der Waals surface area contributed by atoms with Crippen molar-refractivity contribution in [1.82, 2.24) is 39.5 Å². The summed E-state index contributed by atoms with van der Waals surface area (Å²) in [6.07, 6.45) is 4.50. The Morgan fingerprint density at radius 2 is 1.84 bits per heavy atom. The van der Waals surface area contributed by atoms with E-state index in [1.807, 2.05) is 53.8 Å². The van der Waals surface area contributed by atoms with Gasteiger partial charge in [0.2, 0.25) is 5.91 Å². The molecule has 0 aromatic carbocycles. The van der Waals surface area contributed by atoms with Crippen LogP contribution in [-0.2, 0) is 11.2 Å². The predicted octanol–water partition coefficient (Wildman–Crippen LogP) is 1.60. The zero-order valence-electron chi connectivity index (χ0n) is 18.2. The lowest BCUT2D eigenvalue weighted by Crippen LogP contribution is -2.49. The number of amides is 1. The average molecular weight is 432 g/mol. The summed E-state index contributed by atoms with van der Waals surface area (Å²) in [7, 11) is 0. The van der Waals surface area contributed by atoms with Crippen LogP contribution >= 0.6 is 0 Å². The fraction of sp³-hybridized carbons (Fsp3) is 0.364. The smallest absolute Gasteiger partial charge is 0.223 e. The minimum absolute atomic E-state index is 0.182. The molecule has 1 amide bonds. The number of hydrogen-bond donors (Lipinski definition) is 0. The highest BCUT2D eigenvalue weighted by Crippen LogP contribution is 2.20. The van der Waals surface area contributed by atoms with Gasteiger partial charge in [-0.2, -0.15) is 9.61 Å². The molecule has 4 aromatic heterocycles. The Balaban J connectivity index is 1.23. The number of pyridine rings is 1. The van der Waals surface area contributed by atoms with E-state index in [4.69, 9.17) is 0 Å². The number of anilines is 1. The molecule has 1 aliphatic heterocycles. The molecule has 1 aliphatic rings. The van der Waals surface area contributed by atoms with Crippen molar-refractivity contribution in [1.29, 1.82) is 0 Å². The monoisotopic (exact) mass is 431 g/mol. The van der Waals surface area contributed by atoms with Crippen LogP contribution in [0.5, 0.6) is 0 Å². The van der Waals surface area contributed by atoms with E-state index >= 15 is 0 Å². The molecular formula is C22H25N9O. The minimum atomic E-state index is 0.182. The fourth-order valence-corrected chi connectivity index (χ4v) is 4.21. The van der Waals surface area contributed by atoms with Crippen LogP contribution in [0.1, 0.15) is 23.4 Å². The van der Waals surface area contributed by atoms with E-state index in [1.165, 1.54) is 0 Å². The molecule has 0 saturated carbocycles. The maximum Gasteiger partial charge on any atom is 0.223 e. The highest BCUT2D eigenvalue weighted by molar-refractivity contribution is 5.77. The van der Waals surface area contributed by atoms with Gasteiger partial charge in [-0.05, 0) is 50.1 Å². The first-order chi connectivity index (χ1) is 15.6. The lowest BCUT2D eigenvalue weighted by molar-refractivity contribution is -0.131. The van der Waals surface area contributed by atoms with Crippen LogP contribution in [0.4, 0.5) is 5.82 Å². The van der Waals surface area contributed by atoms with Crippen LogP contribution in [-0.4, -0.2) is 71.6 Å². The van der Waals surface area contributed by atoms with Crippen LogP contribution < -0.4 is 4.90 Å². The van der Waals surface area contributed by atoms with Crippen LogP contribution in [0.15, 0.2) is 42.9 Å². The number of fused-ring (bicyclic) bond motifs is 1. The van der Waals surface area contributed by atoms with Crippen LogP contribution in [0.3, 0.4) is 0 Å². The zero-order valence-corrected chi connectivity index (χ0v) is 18.2. The Morgan fingerprint density at radius 3 is 2.62 bits per heavy atom. The summed E-state index contributed by atoms with van der Waals surface area (Å²) >= 11 is 0. The Labute approximate surface area is 185 Å². The van der Waals surface area contributed by atoms with Crippen molar-refractivity contribution in [2.45, 2.75) is 26.7 Å². The van der Waals surface area contributed by atoms with Gasteiger partial charge in [0.05, 0.1) is 5.69 Å². The van der Waals surface area contributed by atoms with E-state index in [9.17, 15) is 4.79 Å². The van der Waals surface area contributed by atoms with Gasteiger partial charge in [-0.15, -0.1) is 15.3 Å². The first-order valence-corrected chi connectivity index (χ1v) is 10.8. The second-order valence-electron chi connectivity index (χ2n) is 7.94. The van der Waals surface area contributed by atoms with E-state index in [1.54, 1.807) is 17.0 Å². The molecule has 0 aliphatic carbocycles. The van der Waals surface area contributed by atoms with Crippen LogP contribution in [0, 0.1) is 13.8 Å². The third-order valence-electron chi connectivity index (χ3n) is 6.00. The third kappa shape index (κ3) is 3.79. The summed E-state index contributed by atoms with van der Waals surface area (Å²) < 4.78 is 3.44. The van der Waals surface area contributed by atoms with Gasteiger partial charge >= 0.3 is 0 Å². The summed E-state index contributed by atoms with van der Waals surface area (Å²) in [5, 5.41) is 17.1. The molecule has 1 fully saturated rings. The van der Waals surface area contributed by atoms with Crippen LogP contribution in [0.2, 0.25) is 0 Å². The lowest BCUT2D eigenvalue weighted by atomic mass is 10.1. The summed E-state index contributed by atoms with van der Waals surface area (Å²) in [4.78, 5) is 21.5. The van der Waals surface area contributed by atoms with Crippen molar-refractivity contribution in [3.63, 3.8) is 0 Å². The van der Waals surface area contributed by atoms with Crippen molar-refractivity contribution < 1.29 is 4.79 Å². The molecule has 164 valence electrons. The van der Waals surface area contributed by atoms with E-state index < -0.39 is 0 Å². The molecule has 0 bridgehead atoms. The van der Waals surface area contributed by atoms with E-state index in [-0.39, 0.29) is 5.91 Å². The summed E-state index contributed by atoms with van der Waals surface area (Å²) in [5.41, 5.74) is 3.69. The third-order valence-corrected chi connectivity index (χ3v) is 6.00. The topological polar surface area (TPSA) is 97.3 Å². The lowest BCUT2D eigenvalue weighted by Gasteiger charge is -2.35. The van der Waals surface area contributed by atoms with Gasteiger partial charge in [0, 0.05) is 44.5 Å². The van der Waals surface area contributed by atoms with E-state index in [0.29, 0.717) is 24.3 Å². The second-order valence-corrected chi connectivity index (χ2v) is 7.94. The van der Waals surface area contributed by atoms with Crippen molar-refractivity contribution in [2.24, 2.45) is 0 Å².